The van der Waals surface area contributed by atoms with Gasteiger partial charge in [-0.05, 0) is 31.6 Å². The van der Waals surface area contributed by atoms with Crippen molar-refractivity contribution < 1.29 is 0 Å². The van der Waals surface area contributed by atoms with Crippen LogP contribution in [0.5, 0.6) is 0 Å². The van der Waals surface area contributed by atoms with E-state index in [0.717, 1.165) is 5.92 Å². The van der Waals surface area contributed by atoms with Crippen molar-refractivity contribution in [3.8, 4) is 0 Å². The first-order chi connectivity index (χ1) is 7.72. The minimum atomic E-state index is 0.235. The molecule has 0 bridgehead atoms. The molecule has 0 aliphatic heterocycles. The van der Waals surface area contributed by atoms with E-state index in [1.807, 2.05) is 11.8 Å². The molecule has 0 saturated heterocycles. The van der Waals surface area contributed by atoms with Crippen molar-refractivity contribution in [1.29, 1.82) is 0 Å². The van der Waals surface area contributed by atoms with Gasteiger partial charge in [0.05, 0.1) is 0 Å². The smallest absolute Gasteiger partial charge is 0.0486 e. The van der Waals surface area contributed by atoms with E-state index in [-0.39, 0.29) is 4.75 Å². The number of hydrogen-bond acceptors (Lipinski definition) is 2. The minimum absolute atomic E-state index is 0.235. The van der Waals surface area contributed by atoms with Gasteiger partial charge < -0.3 is 0 Å². The second kappa shape index (κ2) is 6.06. The average molecular weight is 273 g/mol. The molecule has 0 nitrogen and oxygen atoms in total. The zero-order chi connectivity index (χ0) is 13.1. The first kappa shape index (κ1) is 15.5. The van der Waals surface area contributed by atoms with Gasteiger partial charge >= 0.3 is 0 Å². The molecule has 0 unspecified atom stereocenters. The number of rotatable bonds is 3. The van der Waals surface area contributed by atoms with Gasteiger partial charge in [-0.3, -0.25) is 0 Å². The van der Waals surface area contributed by atoms with Gasteiger partial charge in [-0.25, -0.2) is 0 Å². The lowest BCUT2D eigenvalue weighted by Crippen LogP contribution is -2.34. The minimum Gasteiger partial charge on any atom is -0.112 e. The summed E-state index contributed by atoms with van der Waals surface area (Å²) in [5.41, 5.74) is 0.300. The van der Waals surface area contributed by atoms with Gasteiger partial charge in [-0.2, -0.15) is 0 Å². The maximum Gasteiger partial charge on any atom is 0.0486 e. The Morgan fingerprint density at radius 1 is 1.06 bits per heavy atom. The molecular weight excluding hydrogens is 244 g/mol. The maximum absolute atomic E-state index is 5.61. The second-order valence-corrected chi connectivity index (χ2v) is 9.41. The summed E-state index contributed by atoms with van der Waals surface area (Å²) in [5, 5.41) is 0. The molecule has 0 amide bonds. The summed E-state index contributed by atoms with van der Waals surface area (Å²) in [5.74, 6) is 0.875. The monoisotopic (exact) mass is 272 g/mol. The van der Waals surface area contributed by atoms with Crippen LogP contribution in [0.1, 0.15) is 73.1 Å². The topological polar surface area (TPSA) is 0 Å². The van der Waals surface area contributed by atoms with Gasteiger partial charge in [0.1, 0.15) is 0 Å². The number of thioether (sulfide) groups is 1. The van der Waals surface area contributed by atoms with E-state index in [9.17, 15) is 0 Å². The van der Waals surface area contributed by atoms with Crippen LogP contribution in [-0.2, 0) is 0 Å². The highest BCUT2D eigenvalue weighted by molar-refractivity contribution is 8.23. The fourth-order valence-corrected chi connectivity index (χ4v) is 4.16. The van der Waals surface area contributed by atoms with Crippen molar-refractivity contribution in [1.82, 2.24) is 0 Å². The third-order valence-electron chi connectivity index (χ3n) is 4.36. The molecule has 1 saturated carbocycles. The van der Waals surface area contributed by atoms with E-state index in [2.05, 4.69) is 34.6 Å². The summed E-state index contributed by atoms with van der Waals surface area (Å²) in [7, 11) is 0. The standard InChI is InChI=1S/C15H28S2/c1-14(2,3)15(4,5)17-13(16)11-12-9-7-6-8-10-12/h12H,6-11H2,1-5H3. The van der Waals surface area contributed by atoms with E-state index in [0.29, 0.717) is 5.41 Å². The zero-order valence-corrected chi connectivity index (χ0v) is 13.8. The second-order valence-electron chi connectivity index (χ2n) is 6.94. The van der Waals surface area contributed by atoms with Gasteiger partial charge in [0.15, 0.2) is 0 Å². The molecule has 1 fully saturated rings. The maximum atomic E-state index is 5.61. The van der Waals surface area contributed by atoms with Crippen LogP contribution in [-0.4, -0.2) is 8.94 Å². The van der Waals surface area contributed by atoms with Gasteiger partial charge in [-0.15, -0.1) is 11.8 Å². The third kappa shape index (κ3) is 4.90. The lowest BCUT2D eigenvalue weighted by atomic mass is 9.82. The summed E-state index contributed by atoms with van der Waals surface area (Å²) < 4.78 is 1.47. The van der Waals surface area contributed by atoms with Crippen LogP contribution in [0, 0.1) is 11.3 Å². The molecule has 100 valence electrons. The number of thiocarbonyl (C=S) groups is 1. The predicted octanol–water partition coefficient (Wildman–Crippen LogP) is 5.84. The van der Waals surface area contributed by atoms with Crippen LogP contribution in [0.3, 0.4) is 0 Å². The Kier molecular flexibility index (Phi) is 5.52. The van der Waals surface area contributed by atoms with Crippen LogP contribution in [0.25, 0.3) is 0 Å². The summed E-state index contributed by atoms with van der Waals surface area (Å²) in [6, 6.07) is 0. The highest BCUT2D eigenvalue weighted by atomic mass is 32.2. The van der Waals surface area contributed by atoms with Crippen LogP contribution in [0.4, 0.5) is 0 Å². The van der Waals surface area contributed by atoms with Crippen molar-refractivity contribution in [3.63, 3.8) is 0 Å². The molecule has 0 aromatic heterocycles. The molecule has 0 aromatic carbocycles. The summed E-state index contributed by atoms with van der Waals surface area (Å²) in [6.45, 7) is 11.6. The Labute approximate surface area is 117 Å². The first-order valence-corrected chi connectivity index (χ1v) is 8.17. The SMILES string of the molecule is CC(C)(C)C(C)(C)SC(=S)CC1CCCCC1. The van der Waals surface area contributed by atoms with Crippen molar-refractivity contribution >= 4 is 28.2 Å². The molecule has 0 aromatic rings. The van der Waals surface area contributed by atoms with E-state index >= 15 is 0 Å². The normalized spacial score (nSPS) is 19.4. The fourth-order valence-electron chi connectivity index (χ4n) is 2.11. The van der Waals surface area contributed by atoms with E-state index < -0.39 is 0 Å². The van der Waals surface area contributed by atoms with Gasteiger partial charge in [0.25, 0.3) is 0 Å². The molecular formula is C15H28S2. The third-order valence-corrected chi connectivity index (χ3v) is 6.29. The Bertz CT molecular complexity index is 255. The molecule has 0 spiro atoms. The molecule has 17 heavy (non-hydrogen) atoms. The molecule has 0 heterocycles. The van der Waals surface area contributed by atoms with Crippen molar-refractivity contribution in [3.05, 3.63) is 0 Å². The molecule has 0 N–H and O–H groups in total. The van der Waals surface area contributed by atoms with E-state index in [1.165, 1.54) is 42.7 Å². The Balaban J connectivity index is 2.43. The predicted molar refractivity (Wildman–Crippen MR) is 84.9 cm³/mol. The average Bonchev–Trinajstić information content (AvgIpc) is 2.16. The Hall–Kier alpha value is 0.440. The lowest BCUT2D eigenvalue weighted by Gasteiger charge is -2.38. The summed E-state index contributed by atoms with van der Waals surface area (Å²) in [4.78, 5) is 0. The van der Waals surface area contributed by atoms with Crippen LogP contribution in [0.15, 0.2) is 0 Å². The summed E-state index contributed by atoms with van der Waals surface area (Å²) in [6.07, 6.45) is 8.23. The van der Waals surface area contributed by atoms with Gasteiger partial charge in [0.2, 0.25) is 0 Å². The molecule has 1 rings (SSSR count). The first-order valence-electron chi connectivity index (χ1n) is 6.94. The van der Waals surface area contributed by atoms with Crippen molar-refractivity contribution in [2.75, 3.05) is 0 Å². The van der Waals surface area contributed by atoms with E-state index in [4.69, 9.17) is 12.2 Å². The van der Waals surface area contributed by atoms with Crippen LogP contribution < -0.4 is 0 Å². The molecule has 0 atom stereocenters. The highest BCUT2D eigenvalue weighted by Crippen LogP contribution is 2.43. The Morgan fingerprint density at radius 2 is 1.59 bits per heavy atom. The quantitative estimate of drug-likeness (QED) is 0.592. The lowest BCUT2D eigenvalue weighted by molar-refractivity contribution is 0.321. The fraction of sp³-hybridized carbons (Fsp3) is 0.933. The molecule has 1 aliphatic rings. The zero-order valence-electron chi connectivity index (χ0n) is 12.1. The van der Waals surface area contributed by atoms with Crippen LogP contribution in [0.2, 0.25) is 0 Å². The summed E-state index contributed by atoms with van der Waals surface area (Å²) >= 11 is 7.55. The Morgan fingerprint density at radius 3 is 2.06 bits per heavy atom. The molecule has 0 radical (unpaired) electrons. The van der Waals surface area contributed by atoms with Crippen molar-refractivity contribution in [2.24, 2.45) is 11.3 Å². The van der Waals surface area contributed by atoms with Gasteiger partial charge in [0, 0.05) is 8.94 Å². The van der Waals surface area contributed by atoms with Crippen molar-refractivity contribution in [2.45, 2.75) is 77.9 Å². The number of hydrogen-bond donors (Lipinski definition) is 0. The van der Waals surface area contributed by atoms with Gasteiger partial charge in [-0.1, -0.05) is 65.1 Å². The largest absolute Gasteiger partial charge is 0.112 e. The molecule has 2 heteroatoms. The highest BCUT2D eigenvalue weighted by Gasteiger charge is 2.34. The molecule has 1 aliphatic carbocycles. The van der Waals surface area contributed by atoms with E-state index in [1.54, 1.807) is 0 Å². The van der Waals surface area contributed by atoms with Crippen LogP contribution >= 0.6 is 24.0 Å².